The third kappa shape index (κ3) is 3.18. The molecule has 1 fully saturated rings. The van der Waals surface area contributed by atoms with Gasteiger partial charge in [0.1, 0.15) is 0 Å². The average molecular weight is 280 g/mol. The maximum absolute atomic E-state index is 12.5. The third-order valence-electron chi connectivity index (χ3n) is 4.04. The number of nitrogens with one attached hydrogen (secondary N) is 2. The highest BCUT2D eigenvalue weighted by atomic mass is 32.1. The summed E-state index contributed by atoms with van der Waals surface area (Å²) >= 11 is 1.80. The number of amides is 1. The van der Waals surface area contributed by atoms with Crippen LogP contribution in [0.15, 0.2) is 6.07 Å². The van der Waals surface area contributed by atoms with E-state index >= 15 is 0 Å². The van der Waals surface area contributed by atoms with Gasteiger partial charge in [0, 0.05) is 16.3 Å². The van der Waals surface area contributed by atoms with E-state index in [2.05, 4.69) is 44.4 Å². The van der Waals surface area contributed by atoms with Crippen LogP contribution in [0.2, 0.25) is 0 Å². The lowest BCUT2D eigenvalue weighted by Gasteiger charge is -2.33. The topological polar surface area (TPSA) is 41.1 Å². The van der Waals surface area contributed by atoms with Crippen LogP contribution in [0.3, 0.4) is 0 Å². The Morgan fingerprint density at radius 3 is 2.79 bits per heavy atom. The molecule has 3 nitrogen and oxygen atoms in total. The molecule has 0 aromatic carbocycles. The number of carbonyl (C=O) groups excluding carboxylic acids is 1. The molecule has 0 bridgehead atoms. The lowest BCUT2D eigenvalue weighted by Crippen LogP contribution is -2.49. The van der Waals surface area contributed by atoms with E-state index in [0.29, 0.717) is 0 Å². The molecule has 0 spiro atoms. The molecule has 2 N–H and O–H groups in total. The molecule has 2 unspecified atom stereocenters. The number of aryl methyl sites for hydroxylation is 2. The zero-order chi connectivity index (χ0) is 14.0. The van der Waals surface area contributed by atoms with Crippen LogP contribution in [0, 0.1) is 19.3 Å². The summed E-state index contributed by atoms with van der Waals surface area (Å²) in [6.07, 6.45) is 2.05. The minimum absolute atomic E-state index is 0.0937. The van der Waals surface area contributed by atoms with E-state index in [1.54, 1.807) is 11.3 Å². The Labute approximate surface area is 119 Å². The molecule has 2 atom stereocenters. The first kappa shape index (κ1) is 14.5. The molecule has 1 saturated heterocycles. The molecule has 1 aromatic heterocycles. The molecule has 0 aliphatic carbocycles. The van der Waals surface area contributed by atoms with Gasteiger partial charge in [-0.15, -0.1) is 11.3 Å². The number of thiophene rings is 1. The van der Waals surface area contributed by atoms with Gasteiger partial charge >= 0.3 is 0 Å². The molecular weight excluding hydrogens is 256 g/mol. The smallest absolute Gasteiger partial charge is 0.227 e. The van der Waals surface area contributed by atoms with Crippen LogP contribution in [-0.4, -0.2) is 19.0 Å². The minimum atomic E-state index is -0.258. The molecule has 106 valence electrons. The summed E-state index contributed by atoms with van der Waals surface area (Å²) < 4.78 is 0. The van der Waals surface area contributed by atoms with Crippen LogP contribution < -0.4 is 10.6 Å². The van der Waals surface area contributed by atoms with E-state index in [4.69, 9.17) is 0 Å². The second-order valence-electron chi connectivity index (χ2n) is 5.90. The standard InChI is InChI=1S/C15H24N2OS/c1-10-8-13(12(3)19-10)11(2)17-14(18)15(4)6-5-7-16-9-15/h8,11,16H,5-7,9H2,1-4H3,(H,17,18). The fraction of sp³-hybridized carbons (Fsp3) is 0.667. The molecule has 1 amide bonds. The summed E-state index contributed by atoms with van der Waals surface area (Å²) in [4.78, 5) is 15.1. The van der Waals surface area contributed by atoms with Crippen molar-refractivity contribution in [2.75, 3.05) is 13.1 Å². The summed E-state index contributed by atoms with van der Waals surface area (Å²) in [6.45, 7) is 10.2. The van der Waals surface area contributed by atoms with E-state index in [0.717, 1.165) is 25.9 Å². The lowest BCUT2D eigenvalue weighted by atomic mass is 9.81. The molecule has 2 heterocycles. The van der Waals surface area contributed by atoms with E-state index in [-0.39, 0.29) is 17.4 Å². The van der Waals surface area contributed by atoms with Crippen molar-refractivity contribution in [3.63, 3.8) is 0 Å². The molecular formula is C15H24N2OS. The molecule has 0 saturated carbocycles. The van der Waals surface area contributed by atoms with Crippen LogP contribution in [0.5, 0.6) is 0 Å². The van der Waals surface area contributed by atoms with Crippen molar-refractivity contribution in [3.8, 4) is 0 Å². The van der Waals surface area contributed by atoms with Crippen molar-refractivity contribution in [2.45, 2.75) is 46.6 Å². The molecule has 1 aliphatic heterocycles. The van der Waals surface area contributed by atoms with Gasteiger partial charge in [-0.05, 0) is 58.7 Å². The van der Waals surface area contributed by atoms with Gasteiger partial charge in [0.05, 0.1) is 11.5 Å². The number of piperidine rings is 1. The summed E-state index contributed by atoms with van der Waals surface area (Å²) in [7, 11) is 0. The molecule has 2 rings (SSSR count). The fourth-order valence-corrected chi connectivity index (χ4v) is 3.80. The lowest BCUT2D eigenvalue weighted by molar-refractivity contribution is -0.131. The maximum Gasteiger partial charge on any atom is 0.227 e. The van der Waals surface area contributed by atoms with Gasteiger partial charge in [-0.3, -0.25) is 4.79 Å². The molecule has 1 aromatic rings. The van der Waals surface area contributed by atoms with Gasteiger partial charge in [-0.1, -0.05) is 0 Å². The first-order chi connectivity index (χ1) is 8.92. The number of hydrogen-bond donors (Lipinski definition) is 2. The van der Waals surface area contributed by atoms with Gasteiger partial charge in [0.25, 0.3) is 0 Å². The highest BCUT2D eigenvalue weighted by Crippen LogP contribution is 2.29. The second-order valence-corrected chi connectivity index (χ2v) is 7.37. The van der Waals surface area contributed by atoms with Crippen LogP contribution in [-0.2, 0) is 4.79 Å². The average Bonchev–Trinajstić information content (AvgIpc) is 2.69. The molecule has 19 heavy (non-hydrogen) atoms. The number of rotatable bonds is 3. The monoisotopic (exact) mass is 280 g/mol. The SMILES string of the molecule is Cc1cc(C(C)NC(=O)C2(C)CCCNC2)c(C)s1. The van der Waals surface area contributed by atoms with Gasteiger partial charge in [-0.25, -0.2) is 0 Å². The van der Waals surface area contributed by atoms with Crippen molar-refractivity contribution in [3.05, 3.63) is 21.4 Å². The van der Waals surface area contributed by atoms with E-state index in [9.17, 15) is 4.79 Å². The molecule has 4 heteroatoms. The minimum Gasteiger partial charge on any atom is -0.349 e. The Kier molecular flexibility index (Phi) is 4.31. The van der Waals surface area contributed by atoms with E-state index < -0.39 is 0 Å². The number of hydrogen-bond acceptors (Lipinski definition) is 3. The maximum atomic E-state index is 12.5. The van der Waals surface area contributed by atoms with Gasteiger partial charge in [0.15, 0.2) is 0 Å². The highest BCUT2D eigenvalue weighted by molar-refractivity contribution is 7.12. The van der Waals surface area contributed by atoms with E-state index in [1.807, 2.05) is 0 Å². The van der Waals surface area contributed by atoms with Crippen LogP contribution >= 0.6 is 11.3 Å². The summed E-state index contributed by atoms with van der Waals surface area (Å²) in [5.74, 6) is 0.176. The van der Waals surface area contributed by atoms with Gasteiger partial charge in [0.2, 0.25) is 5.91 Å². The Hall–Kier alpha value is -0.870. The van der Waals surface area contributed by atoms with Crippen LogP contribution in [0.1, 0.15) is 48.0 Å². The Morgan fingerprint density at radius 1 is 1.53 bits per heavy atom. The van der Waals surface area contributed by atoms with Gasteiger partial charge < -0.3 is 10.6 Å². The Morgan fingerprint density at radius 2 is 2.26 bits per heavy atom. The largest absolute Gasteiger partial charge is 0.349 e. The fourth-order valence-electron chi connectivity index (χ4n) is 2.78. The predicted molar refractivity (Wildman–Crippen MR) is 80.6 cm³/mol. The zero-order valence-electron chi connectivity index (χ0n) is 12.3. The van der Waals surface area contributed by atoms with Crippen molar-refractivity contribution in [1.29, 1.82) is 0 Å². The summed E-state index contributed by atoms with van der Waals surface area (Å²) in [5, 5.41) is 6.51. The normalized spacial score (nSPS) is 25.1. The highest BCUT2D eigenvalue weighted by Gasteiger charge is 2.35. The summed E-state index contributed by atoms with van der Waals surface area (Å²) in [6, 6.07) is 2.28. The first-order valence-corrected chi connectivity index (χ1v) is 7.83. The van der Waals surface area contributed by atoms with Crippen LogP contribution in [0.4, 0.5) is 0 Å². The van der Waals surface area contributed by atoms with Crippen molar-refractivity contribution in [2.24, 2.45) is 5.41 Å². The predicted octanol–water partition coefficient (Wildman–Crippen LogP) is 2.93. The van der Waals surface area contributed by atoms with Crippen molar-refractivity contribution < 1.29 is 4.79 Å². The molecule has 1 aliphatic rings. The third-order valence-corrected chi connectivity index (χ3v) is 5.02. The number of carbonyl (C=O) groups is 1. The second kappa shape index (κ2) is 5.63. The van der Waals surface area contributed by atoms with Crippen LogP contribution in [0.25, 0.3) is 0 Å². The Balaban J connectivity index is 2.04. The van der Waals surface area contributed by atoms with Crippen molar-refractivity contribution >= 4 is 17.2 Å². The quantitative estimate of drug-likeness (QED) is 0.894. The van der Waals surface area contributed by atoms with Crippen molar-refractivity contribution in [1.82, 2.24) is 10.6 Å². The first-order valence-electron chi connectivity index (χ1n) is 7.01. The van der Waals surface area contributed by atoms with E-state index in [1.165, 1.54) is 15.3 Å². The van der Waals surface area contributed by atoms with Gasteiger partial charge in [-0.2, -0.15) is 0 Å². The zero-order valence-corrected chi connectivity index (χ0v) is 13.1. The summed E-state index contributed by atoms with van der Waals surface area (Å²) in [5.41, 5.74) is 0.995. The molecule has 0 radical (unpaired) electrons. The Bertz CT molecular complexity index is 461.